The van der Waals surface area contributed by atoms with Crippen LogP contribution in [0.4, 0.5) is 5.82 Å². The van der Waals surface area contributed by atoms with Crippen LogP contribution in [0.2, 0.25) is 5.15 Å². The summed E-state index contributed by atoms with van der Waals surface area (Å²) < 4.78 is 0. The number of halogens is 1. The van der Waals surface area contributed by atoms with Crippen LogP contribution in [0, 0.1) is 5.92 Å². The van der Waals surface area contributed by atoms with Crippen LogP contribution in [-0.4, -0.2) is 41.5 Å². The van der Waals surface area contributed by atoms with E-state index >= 15 is 0 Å². The van der Waals surface area contributed by atoms with Gasteiger partial charge in [0.25, 0.3) is 0 Å². The van der Waals surface area contributed by atoms with E-state index < -0.39 is 0 Å². The smallest absolute Gasteiger partial charge is 0.134 e. The lowest BCUT2D eigenvalue weighted by atomic mass is 9.94. The van der Waals surface area contributed by atoms with Crippen LogP contribution in [0.25, 0.3) is 0 Å². The van der Waals surface area contributed by atoms with Gasteiger partial charge in [-0.05, 0) is 45.3 Å². The Labute approximate surface area is 120 Å². The summed E-state index contributed by atoms with van der Waals surface area (Å²) in [6, 6.07) is 1.80. The van der Waals surface area contributed by atoms with Crippen molar-refractivity contribution in [2.24, 2.45) is 5.92 Å². The molecular formula is C14H23ClN4. The standard InChI is InChI=1S/C14H23ClN4/c1-3-13-17-12(15)10-14(18-13)16-7-4-11-5-8-19(2)9-6-11/h10-11H,3-9H2,1-2H3,(H,16,17,18). The van der Waals surface area contributed by atoms with Crippen LogP contribution in [0.3, 0.4) is 0 Å². The molecule has 1 aromatic heterocycles. The number of hydrogen-bond donors (Lipinski definition) is 1. The quantitative estimate of drug-likeness (QED) is 0.843. The summed E-state index contributed by atoms with van der Waals surface area (Å²) in [7, 11) is 2.20. The van der Waals surface area contributed by atoms with Gasteiger partial charge in [-0.2, -0.15) is 0 Å². The first kappa shape index (κ1) is 14.5. The van der Waals surface area contributed by atoms with E-state index in [0.717, 1.165) is 30.5 Å². The van der Waals surface area contributed by atoms with Gasteiger partial charge in [-0.25, -0.2) is 9.97 Å². The molecule has 106 valence electrons. The van der Waals surface area contributed by atoms with E-state index in [1.165, 1.54) is 32.4 Å². The minimum atomic E-state index is 0.522. The normalized spacial score (nSPS) is 17.6. The zero-order valence-corrected chi connectivity index (χ0v) is 12.6. The minimum absolute atomic E-state index is 0.522. The second-order valence-electron chi connectivity index (χ2n) is 5.31. The highest BCUT2D eigenvalue weighted by Crippen LogP contribution is 2.19. The molecular weight excluding hydrogens is 260 g/mol. The fraction of sp³-hybridized carbons (Fsp3) is 0.714. The number of rotatable bonds is 5. The number of nitrogens with zero attached hydrogens (tertiary/aromatic N) is 3. The molecule has 1 fully saturated rings. The lowest BCUT2D eigenvalue weighted by Gasteiger charge is -2.28. The van der Waals surface area contributed by atoms with Gasteiger partial charge in [-0.3, -0.25) is 0 Å². The van der Waals surface area contributed by atoms with E-state index in [1.807, 2.05) is 6.92 Å². The molecule has 0 saturated carbocycles. The van der Waals surface area contributed by atoms with Gasteiger partial charge in [0.2, 0.25) is 0 Å². The summed E-state index contributed by atoms with van der Waals surface area (Å²) in [5, 5.41) is 3.89. The average molecular weight is 283 g/mol. The molecule has 1 saturated heterocycles. The molecule has 4 nitrogen and oxygen atoms in total. The molecule has 2 heterocycles. The van der Waals surface area contributed by atoms with Crippen molar-refractivity contribution in [2.45, 2.75) is 32.6 Å². The zero-order valence-electron chi connectivity index (χ0n) is 11.8. The van der Waals surface area contributed by atoms with Gasteiger partial charge in [0.15, 0.2) is 0 Å². The number of likely N-dealkylation sites (tertiary alicyclic amines) is 1. The van der Waals surface area contributed by atoms with E-state index in [2.05, 4.69) is 27.2 Å². The van der Waals surface area contributed by atoms with Crippen molar-refractivity contribution in [2.75, 3.05) is 32.0 Å². The van der Waals surface area contributed by atoms with Crippen molar-refractivity contribution >= 4 is 17.4 Å². The maximum absolute atomic E-state index is 5.98. The van der Waals surface area contributed by atoms with Gasteiger partial charge in [-0.1, -0.05) is 18.5 Å². The first-order valence-electron chi connectivity index (χ1n) is 7.13. The predicted molar refractivity (Wildman–Crippen MR) is 79.7 cm³/mol. The summed E-state index contributed by atoms with van der Waals surface area (Å²) in [6.45, 7) is 5.45. The highest BCUT2D eigenvalue weighted by molar-refractivity contribution is 6.29. The Balaban J connectivity index is 1.77. The fourth-order valence-electron chi connectivity index (χ4n) is 2.47. The summed E-state index contributed by atoms with van der Waals surface area (Å²) in [4.78, 5) is 11.0. The third kappa shape index (κ3) is 4.62. The highest BCUT2D eigenvalue weighted by Gasteiger charge is 2.16. The van der Waals surface area contributed by atoms with Gasteiger partial charge >= 0.3 is 0 Å². The van der Waals surface area contributed by atoms with Crippen LogP contribution in [0.5, 0.6) is 0 Å². The SMILES string of the molecule is CCc1nc(Cl)cc(NCCC2CCN(C)CC2)n1. The highest BCUT2D eigenvalue weighted by atomic mass is 35.5. The van der Waals surface area contributed by atoms with Crippen LogP contribution in [0.1, 0.15) is 32.0 Å². The van der Waals surface area contributed by atoms with E-state index in [-0.39, 0.29) is 0 Å². The molecule has 2 rings (SSSR count). The fourth-order valence-corrected chi connectivity index (χ4v) is 2.67. The molecule has 1 aromatic rings. The minimum Gasteiger partial charge on any atom is -0.370 e. The van der Waals surface area contributed by atoms with Crippen LogP contribution in [0.15, 0.2) is 6.07 Å². The monoisotopic (exact) mass is 282 g/mol. The van der Waals surface area contributed by atoms with Crippen LogP contribution < -0.4 is 5.32 Å². The van der Waals surface area contributed by atoms with Crippen molar-refractivity contribution in [1.29, 1.82) is 0 Å². The average Bonchev–Trinajstić information content (AvgIpc) is 2.40. The van der Waals surface area contributed by atoms with Crippen molar-refractivity contribution in [3.8, 4) is 0 Å². The molecule has 19 heavy (non-hydrogen) atoms. The van der Waals surface area contributed by atoms with E-state index in [0.29, 0.717) is 5.15 Å². The molecule has 0 amide bonds. The molecule has 0 bridgehead atoms. The second-order valence-corrected chi connectivity index (χ2v) is 5.70. The number of anilines is 1. The zero-order chi connectivity index (χ0) is 13.7. The van der Waals surface area contributed by atoms with E-state index in [9.17, 15) is 0 Å². The van der Waals surface area contributed by atoms with Crippen molar-refractivity contribution < 1.29 is 0 Å². The molecule has 0 aliphatic carbocycles. The number of aromatic nitrogens is 2. The van der Waals surface area contributed by atoms with Crippen molar-refractivity contribution in [3.63, 3.8) is 0 Å². The molecule has 1 aliphatic heterocycles. The largest absolute Gasteiger partial charge is 0.370 e. The lowest BCUT2D eigenvalue weighted by molar-refractivity contribution is 0.215. The molecule has 0 atom stereocenters. The summed E-state index contributed by atoms with van der Waals surface area (Å²) in [6.07, 6.45) is 4.63. The molecule has 0 aromatic carbocycles. The molecule has 1 aliphatic rings. The molecule has 0 unspecified atom stereocenters. The van der Waals surface area contributed by atoms with Gasteiger partial charge in [0.05, 0.1) is 0 Å². The molecule has 0 spiro atoms. The maximum Gasteiger partial charge on any atom is 0.134 e. The summed E-state index contributed by atoms with van der Waals surface area (Å²) in [5.74, 6) is 2.49. The molecule has 1 N–H and O–H groups in total. The number of hydrogen-bond acceptors (Lipinski definition) is 4. The predicted octanol–water partition coefficient (Wildman–Crippen LogP) is 2.84. The third-order valence-corrected chi connectivity index (χ3v) is 3.95. The van der Waals surface area contributed by atoms with Gasteiger partial charge in [0.1, 0.15) is 16.8 Å². The number of piperidine rings is 1. The van der Waals surface area contributed by atoms with Gasteiger partial charge < -0.3 is 10.2 Å². The Bertz CT molecular complexity index is 402. The Kier molecular flexibility index (Phi) is 5.40. The summed E-state index contributed by atoms with van der Waals surface area (Å²) in [5.41, 5.74) is 0. The topological polar surface area (TPSA) is 41.1 Å². The van der Waals surface area contributed by atoms with E-state index in [4.69, 9.17) is 11.6 Å². The van der Waals surface area contributed by atoms with Crippen LogP contribution in [-0.2, 0) is 6.42 Å². The van der Waals surface area contributed by atoms with Crippen LogP contribution >= 0.6 is 11.6 Å². The van der Waals surface area contributed by atoms with Crippen molar-refractivity contribution in [1.82, 2.24) is 14.9 Å². The van der Waals surface area contributed by atoms with E-state index in [1.54, 1.807) is 6.07 Å². The first-order valence-corrected chi connectivity index (χ1v) is 7.51. The second kappa shape index (κ2) is 7.06. The number of aryl methyl sites for hydroxylation is 1. The lowest BCUT2D eigenvalue weighted by Crippen LogP contribution is -2.30. The Morgan fingerprint density at radius 2 is 2.11 bits per heavy atom. The first-order chi connectivity index (χ1) is 9.17. The van der Waals surface area contributed by atoms with Gasteiger partial charge in [-0.15, -0.1) is 0 Å². The number of nitrogens with one attached hydrogen (secondary N) is 1. The third-order valence-electron chi connectivity index (χ3n) is 3.75. The molecule has 0 radical (unpaired) electrons. The maximum atomic E-state index is 5.98. The Morgan fingerprint density at radius 3 is 2.79 bits per heavy atom. The van der Waals surface area contributed by atoms with Gasteiger partial charge in [0, 0.05) is 19.0 Å². The van der Waals surface area contributed by atoms with Crippen molar-refractivity contribution in [3.05, 3.63) is 17.0 Å². The summed E-state index contributed by atoms with van der Waals surface area (Å²) >= 11 is 5.98. The molecule has 5 heteroatoms. The Hall–Kier alpha value is -0.870. The Morgan fingerprint density at radius 1 is 1.37 bits per heavy atom.